The first-order valence-electron chi connectivity index (χ1n) is 7.46. The highest BCUT2D eigenvalue weighted by atomic mass is 127. The summed E-state index contributed by atoms with van der Waals surface area (Å²) in [7, 11) is 0. The second-order valence-corrected chi connectivity index (χ2v) is 7.43. The summed E-state index contributed by atoms with van der Waals surface area (Å²) in [6.45, 7) is 5.27. The van der Waals surface area contributed by atoms with E-state index in [1.54, 1.807) is 29.5 Å². The SMILES string of the molecule is CC(C)C(NC(=O)I)C(=O)N[C@@H](C)C(=O)Nc1ccc(CI)cc1. The smallest absolute Gasteiger partial charge is 0.281 e. The number of carbonyl (C=O) groups is 3. The highest BCUT2D eigenvalue weighted by molar-refractivity contribution is 14.1. The number of hydrogen-bond acceptors (Lipinski definition) is 3. The normalized spacial score (nSPS) is 13.1. The number of benzene rings is 1. The van der Waals surface area contributed by atoms with Crippen molar-refractivity contribution in [2.45, 2.75) is 37.3 Å². The highest BCUT2D eigenvalue weighted by Crippen LogP contribution is 2.12. The predicted molar refractivity (Wildman–Crippen MR) is 112 cm³/mol. The molecule has 3 amide bonds. The van der Waals surface area contributed by atoms with Gasteiger partial charge in [-0.2, -0.15) is 0 Å². The van der Waals surface area contributed by atoms with Crippen molar-refractivity contribution in [2.24, 2.45) is 5.92 Å². The number of anilines is 1. The van der Waals surface area contributed by atoms with Crippen LogP contribution in [0, 0.1) is 5.92 Å². The lowest BCUT2D eigenvalue weighted by molar-refractivity contribution is -0.128. The number of halogens is 2. The quantitative estimate of drug-likeness (QED) is 0.209. The van der Waals surface area contributed by atoms with Crippen molar-refractivity contribution in [1.82, 2.24) is 10.6 Å². The van der Waals surface area contributed by atoms with Gasteiger partial charge in [0.2, 0.25) is 11.8 Å². The van der Waals surface area contributed by atoms with Gasteiger partial charge in [-0.15, -0.1) is 0 Å². The maximum Gasteiger partial charge on any atom is 0.281 e. The van der Waals surface area contributed by atoms with Crippen LogP contribution in [0.25, 0.3) is 0 Å². The summed E-state index contributed by atoms with van der Waals surface area (Å²) in [5.41, 5.74) is 1.85. The van der Waals surface area contributed by atoms with E-state index < -0.39 is 12.1 Å². The summed E-state index contributed by atoms with van der Waals surface area (Å²) in [5, 5.41) is 7.99. The van der Waals surface area contributed by atoms with Crippen LogP contribution in [0.5, 0.6) is 0 Å². The lowest BCUT2D eigenvalue weighted by atomic mass is 10.0. The largest absolute Gasteiger partial charge is 0.343 e. The molecule has 0 saturated carbocycles. The second kappa shape index (κ2) is 10.2. The molecule has 0 spiro atoms. The highest BCUT2D eigenvalue weighted by Gasteiger charge is 2.26. The zero-order valence-corrected chi connectivity index (χ0v) is 18.0. The molecule has 0 aliphatic carbocycles. The molecule has 0 saturated heterocycles. The van der Waals surface area contributed by atoms with Gasteiger partial charge in [-0.1, -0.05) is 48.6 Å². The molecule has 1 unspecified atom stereocenters. The molecule has 0 fully saturated rings. The van der Waals surface area contributed by atoms with Crippen LogP contribution in [0.3, 0.4) is 0 Å². The van der Waals surface area contributed by atoms with Crippen LogP contribution in [-0.4, -0.2) is 27.8 Å². The Bertz CT molecular complexity index is 591. The van der Waals surface area contributed by atoms with Gasteiger partial charge in [-0.3, -0.25) is 14.4 Å². The van der Waals surface area contributed by atoms with Gasteiger partial charge in [0.25, 0.3) is 3.91 Å². The van der Waals surface area contributed by atoms with Crippen molar-refractivity contribution in [1.29, 1.82) is 0 Å². The molecular weight excluding hydrogens is 536 g/mol. The predicted octanol–water partition coefficient (Wildman–Crippen LogP) is 3.23. The lowest BCUT2D eigenvalue weighted by Gasteiger charge is -2.22. The van der Waals surface area contributed by atoms with Gasteiger partial charge in [0.05, 0.1) is 0 Å². The molecule has 0 radical (unpaired) electrons. The molecule has 2 atom stereocenters. The summed E-state index contributed by atoms with van der Waals surface area (Å²) in [5.74, 6) is -0.772. The number of hydrogen-bond donors (Lipinski definition) is 3. The third kappa shape index (κ3) is 6.91. The van der Waals surface area contributed by atoms with E-state index in [1.165, 1.54) is 5.56 Å². The van der Waals surface area contributed by atoms with Crippen molar-refractivity contribution in [3.8, 4) is 0 Å². The Morgan fingerprint density at radius 3 is 2.04 bits per heavy atom. The number of amides is 3. The van der Waals surface area contributed by atoms with E-state index in [9.17, 15) is 14.4 Å². The van der Waals surface area contributed by atoms with Crippen molar-refractivity contribution >= 4 is 66.6 Å². The Morgan fingerprint density at radius 1 is 1.00 bits per heavy atom. The van der Waals surface area contributed by atoms with Gasteiger partial charge >= 0.3 is 0 Å². The molecule has 0 aliphatic heterocycles. The van der Waals surface area contributed by atoms with E-state index in [0.29, 0.717) is 5.69 Å². The molecular formula is C16H21I2N3O3. The van der Waals surface area contributed by atoms with Gasteiger partial charge in [0, 0.05) is 32.7 Å². The summed E-state index contributed by atoms with van der Waals surface area (Å²) in [4.78, 5) is 35.7. The first kappa shape index (κ1) is 21.1. The average Bonchev–Trinajstić information content (AvgIpc) is 2.52. The lowest BCUT2D eigenvalue weighted by Crippen LogP contribution is -2.52. The van der Waals surface area contributed by atoms with Crippen molar-refractivity contribution in [3.05, 3.63) is 29.8 Å². The van der Waals surface area contributed by atoms with Crippen molar-refractivity contribution in [2.75, 3.05) is 5.32 Å². The first-order chi connectivity index (χ1) is 11.2. The van der Waals surface area contributed by atoms with Crippen LogP contribution in [-0.2, 0) is 14.0 Å². The first-order valence-corrected chi connectivity index (χ1v) is 10.1. The second-order valence-electron chi connectivity index (χ2n) is 5.69. The van der Waals surface area contributed by atoms with Crippen LogP contribution < -0.4 is 16.0 Å². The summed E-state index contributed by atoms with van der Waals surface area (Å²) in [6, 6.07) is 6.15. The van der Waals surface area contributed by atoms with E-state index in [2.05, 4.69) is 38.5 Å². The Balaban J connectivity index is 2.64. The minimum Gasteiger partial charge on any atom is -0.343 e. The number of carbonyl (C=O) groups excluding carboxylic acids is 3. The average molecular weight is 557 g/mol. The molecule has 0 aliphatic rings. The van der Waals surface area contributed by atoms with Crippen LogP contribution in [0.2, 0.25) is 0 Å². The molecule has 1 aromatic carbocycles. The van der Waals surface area contributed by atoms with Gasteiger partial charge in [-0.05, 0) is 30.5 Å². The van der Waals surface area contributed by atoms with Crippen LogP contribution in [0.4, 0.5) is 10.5 Å². The maximum absolute atomic E-state index is 12.3. The van der Waals surface area contributed by atoms with Gasteiger partial charge < -0.3 is 16.0 Å². The standard InChI is InChI=1S/C16H21I2N3O3/c1-9(2)13(21-16(18)24)15(23)19-10(3)14(22)20-12-6-4-11(8-17)5-7-12/h4-7,9-10,13H,8H2,1-3H3,(H,19,23)(H,20,22)(H,21,24)/t10-,13?/m0/s1. The molecule has 24 heavy (non-hydrogen) atoms. The van der Waals surface area contributed by atoms with Gasteiger partial charge in [0.1, 0.15) is 12.1 Å². The third-order valence-electron chi connectivity index (χ3n) is 3.35. The zero-order valence-electron chi connectivity index (χ0n) is 13.7. The Kier molecular flexibility index (Phi) is 8.95. The molecule has 0 aromatic heterocycles. The fourth-order valence-corrected chi connectivity index (χ4v) is 2.80. The number of nitrogens with one attached hydrogen (secondary N) is 3. The summed E-state index contributed by atoms with van der Waals surface area (Å²) < 4.78 is 0.589. The molecule has 132 valence electrons. The Labute approximate surface area is 169 Å². The molecule has 1 rings (SSSR count). The molecule has 0 bridgehead atoms. The third-order valence-corrected chi connectivity index (χ3v) is 4.54. The topological polar surface area (TPSA) is 87.3 Å². The van der Waals surface area contributed by atoms with Crippen molar-refractivity contribution < 1.29 is 14.4 Å². The number of rotatable bonds is 7. The minimum atomic E-state index is -0.714. The fourth-order valence-electron chi connectivity index (χ4n) is 1.95. The number of alkyl halides is 1. The van der Waals surface area contributed by atoms with Crippen LogP contribution in [0.1, 0.15) is 26.3 Å². The Hall–Kier alpha value is -0.910. The molecule has 1 aromatic rings. The van der Waals surface area contributed by atoms with Gasteiger partial charge in [-0.25, -0.2) is 0 Å². The van der Waals surface area contributed by atoms with Crippen molar-refractivity contribution in [3.63, 3.8) is 0 Å². The van der Waals surface area contributed by atoms with E-state index in [-0.39, 0.29) is 21.6 Å². The van der Waals surface area contributed by atoms with E-state index in [1.807, 2.05) is 38.1 Å². The minimum absolute atomic E-state index is 0.0835. The summed E-state index contributed by atoms with van der Waals surface area (Å²) in [6.07, 6.45) is 0. The van der Waals surface area contributed by atoms with Gasteiger partial charge in [0.15, 0.2) is 0 Å². The maximum atomic E-state index is 12.3. The monoisotopic (exact) mass is 557 g/mol. The van der Waals surface area contributed by atoms with Crippen LogP contribution >= 0.6 is 45.2 Å². The van der Waals surface area contributed by atoms with E-state index in [0.717, 1.165) is 4.43 Å². The summed E-state index contributed by atoms with van der Waals surface area (Å²) >= 11 is 3.85. The van der Waals surface area contributed by atoms with E-state index in [4.69, 9.17) is 0 Å². The van der Waals surface area contributed by atoms with Crippen LogP contribution in [0.15, 0.2) is 24.3 Å². The molecule has 0 heterocycles. The fraction of sp³-hybridized carbons (Fsp3) is 0.438. The molecule has 3 N–H and O–H groups in total. The zero-order chi connectivity index (χ0) is 18.3. The molecule has 8 heteroatoms. The molecule has 6 nitrogen and oxygen atoms in total. The van der Waals surface area contributed by atoms with E-state index >= 15 is 0 Å². The Morgan fingerprint density at radius 2 is 1.58 bits per heavy atom.